The molecule has 3 aromatic rings. The van der Waals surface area contributed by atoms with Crippen LogP contribution in [0.4, 0.5) is 19.0 Å². The molecule has 2 fully saturated rings. The molecule has 1 aliphatic carbocycles. The van der Waals surface area contributed by atoms with Crippen molar-refractivity contribution in [2.45, 2.75) is 52.6 Å². The number of alkyl halides is 3. The van der Waals surface area contributed by atoms with Crippen molar-refractivity contribution < 1.29 is 17.9 Å². The Morgan fingerprint density at radius 2 is 1.64 bits per heavy atom. The molecule has 0 spiro atoms. The molecule has 0 aromatic carbocycles. The molecule has 9 heteroatoms. The molecular weight excluding hydrogens is 431 g/mol. The molecule has 178 valence electrons. The number of aryl methyl sites for hydroxylation is 3. The Morgan fingerprint density at radius 3 is 2.15 bits per heavy atom. The van der Waals surface area contributed by atoms with E-state index in [2.05, 4.69) is 16.0 Å². The molecule has 0 N–H and O–H groups in total. The zero-order valence-corrected chi connectivity index (χ0v) is 19.3. The number of nitrogens with zero attached hydrogens (tertiary/aromatic N) is 5. The van der Waals surface area contributed by atoms with Gasteiger partial charge in [-0.1, -0.05) is 12.5 Å². The SMILES string of the molecule is Cc1ccccn1.Cc1nc2cc(N3CCOCC3)nc(C3CCC3)c2nc1C.FC(F)F. The van der Waals surface area contributed by atoms with Gasteiger partial charge in [0.2, 0.25) is 0 Å². The minimum atomic E-state index is -3.67. The van der Waals surface area contributed by atoms with Gasteiger partial charge in [-0.05, 0) is 45.7 Å². The lowest BCUT2D eigenvalue weighted by Gasteiger charge is -2.30. The third kappa shape index (κ3) is 7.08. The van der Waals surface area contributed by atoms with Crippen LogP contribution in [-0.2, 0) is 4.74 Å². The summed E-state index contributed by atoms with van der Waals surface area (Å²) in [6.07, 6.45) is 5.54. The summed E-state index contributed by atoms with van der Waals surface area (Å²) < 4.78 is 34.5. The van der Waals surface area contributed by atoms with Gasteiger partial charge in [-0.25, -0.2) is 15.0 Å². The zero-order valence-electron chi connectivity index (χ0n) is 19.3. The van der Waals surface area contributed by atoms with Crippen LogP contribution in [0.1, 0.15) is 48.0 Å². The topological polar surface area (TPSA) is 64.0 Å². The first-order chi connectivity index (χ1) is 15.8. The summed E-state index contributed by atoms with van der Waals surface area (Å²) in [4.78, 5) is 20.8. The number of pyridine rings is 2. The van der Waals surface area contributed by atoms with E-state index in [0.717, 1.165) is 65.9 Å². The largest absolute Gasteiger partial charge is 0.379 e. The summed E-state index contributed by atoms with van der Waals surface area (Å²) in [6, 6.07) is 7.96. The molecule has 1 saturated carbocycles. The van der Waals surface area contributed by atoms with E-state index >= 15 is 0 Å². The Kier molecular flexibility index (Phi) is 8.94. The lowest BCUT2D eigenvalue weighted by atomic mass is 9.82. The Labute approximate surface area is 192 Å². The van der Waals surface area contributed by atoms with Crippen LogP contribution >= 0.6 is 0 Å². The molecule has 1 aliphatic heterocycles. The highest BCUT2D eigenvalue weighted by Gasteiger charge is 2.26. The highest BCUT2D eigenvalue weighted by atomic mass is 19.4. The number of morpholine rings is 1. The minimum absolute atomic E-state index is 0.555. The van der Waals surface area contributed by atoms with Gasteiger partial charge < -0.3 is 9.64 Å². The predicted octanol–water partition coefficient (Wildman–Crippen LogP) is 5.31. The van der Waals surface area contributed by atoms with Gasteiger partial charge in [0.25, 0.3) is 0 Å². The van der Waals surface area contributed by atoms with E-state index in [9.17, 15) is 13.2 Å². The number of rotatable bonds is 2. The quantitative estimate of drug-likeness (QED) is 0.515. The Balaban J connectivity index is 0.000000231. The fourth-order valence-electron chi connectivity index (χ4n) is 3.61. The second kappa shape index (κ2) is 11.9. The number of halogens is 3. The van der Waals surface area contributed by atoms with Gasteiger partial charge in [-0.15, -0.1) is 0 Å². The molecule has 0 atom stereocenters. The summed E-state index contributed by atoms with van der Waals surface area (Å²) in [5, 5.41) is 0. The summed E-state index contributed by atoms with van der Waals surface area (Å²) in [5.74, 6) is 1.59. The predicted molar refractivity (Wildman–Crippen MR) is 123 cm³/mol. The van der Waals surface area contributed by atoms with E-state index in [1.165, 1.54) is 19.3 Å². The van der Waals surface area contributed by atoms with E-state index < -0.39 is 6.68 Å². The normalized spacial score (nSPS) is 15.9. The van der Waals surface area contributed by atoms with E-state index in [1.807, 2.05) is 39.0 Å². The van der Waals surface area contributed by atoms with Gasteiger partial charge in [-0.3, -0.25) is 4.98 Å². The van der Waals surface area contributed by atoms with Crippen LogP contribution in [0, 0.1) is 20.8 Å². The van der Waals surface area contributed by atoms with Gasteiger partial charge in [0, 0.05) is 37.0 Å². The Bertz CT molecular complexity index is 1020. The van der Waals surface area contributed by atoms with E-state index in [1.54, 1.807) is 6.20 Å². The van der Waals surface area contributed by atoms with E-state index in [-0.39, 0.29) is 0 Å². The summed E-state index contributed by atoms with van der Waals surface area (Å²) in [6.45, 7) is 5.72. The van der Waals surface area contributed by atoms with Crippen LogP contribution in [0.2, 0.25) is 0 Å². The van der Waals surface area contributed by atoms with Gasteiger partial charge in [0.15, 0.2) is 0 Å². The monoisotopic (exact) mass is 461 g/mol. The summed E-state index contributed by atoms with van der Waals surface area (Å²) in [7, 11) is 0. The second-order valence-electron chi connectivity index (χ2n) is 8.07. The number of aromatic nitrogens is 4. The minimum Gasteiger partial charge on any atom is -0.378 e. The van der Waals surface area contributed by atoms with E-state index in [4.69, 9.17) is 19.7 Å². The molecule has 33 heavy (non-hydrogen) atoms. The molecule has 5 rings (SSSR count). The first-order valence-electron chi connectivity index (χ1n) is 11.1. The molecular formula is C24H30F3N5O. The van der Waals surface area contributed by atoms with Crippen LogP contribution < -0.4 is 4.90 Å². The third-order valence-electron chi connectivity index (χ3n) is 5.72. The highest BCUT2D eigenvalue weighted by molar-refractivity contribution is 5.80. The zero-order chi connectivity index (χ0) is 23.8. The molecule has 2 aliphatic rings. The fraction of sp³-hybridized carbons (Fsp3) is 0.500. The van der Waals surface area contributed by atoms with Crippen molar-refractivity contribution in [2.24, 2.45) is 0 Å². The maximum atomic E-state index is 9.67. The van der Waals surface area contributed by atoms with Crippen LogP contribution in [0.25, 0.3) is 11.0 Å². The smallest absolute Gasteiger partial charge is 0.378 e. The van der Waals surface area contributed by atoms with Gasteiger partial charge in [-0.2, -0.15) is 13.2 Å². The Hall–Kier alpha value is -2.81. The lowest BCUT2D eigenvalue weighted by molar-refractivity contribution is 0.00819. The average molecular weight is 462 g/mol. The fourth-order valence-corrected chi connectivity index (χ4v) is 3.61. The van der Waals surface area contributed by atoms with E-state index in [0.29, 0.717) is 5.92 Å². The van der Waals surface area contributed by atoms with Crippen molar-refractivity contribution >= 4 is 16.9 Å². The molecule has 6 nitrogen and oxygen atoms in total. The average Bonchev–Trinajstić information content (AvgIpc) is 2.75. The summed E-state index contributed by atoms with van der Waals surface area (Å²) >= 11 is 0. The van der Waals surface area contributed by atoms with Gasteiger partial charge >= 0.3 is 6.68 Å². The molecule has 0 radical (unpaired) electrons. The third-order valence-corrected chi connectivity index (χ3v) is 5.72. The highest BCUT2D eigenvalue weighted by Crippen LogP contribution is 2.39. The maximum absolute atomic E-state index is 9.67. The van der Waals surface area contributed by atoms with Gasteiger partial charge in [0.1, 0.15) is 11.3 Å². The molecule has 0 unspecified atom stereocenters. The van der Waals surface area contributed by atoms with Crippen LogP contribution in [0.3, 0.4) is 0 Å². The first-order valence-corrected chi connectivity index (χ1v) is 11.1. The second-order valence-corrected chi connectivity index (χ2v) is 8.07. The number of hydrogen-bond acceptors (Lipinski definition) is 6. The van der Waals surface area contributed by atoms with Crippen molar-refractivity contribution in [3.05, 3.63) is 53.2 Å². The number of fused-ring (bicyclic) bond motifs is 1. The van der Waals surface area contributed by atoms with Crippen molar-refractivity contribution in [2.75, 3.05) is 31.2 Å². The molecule has 4 heterocycles. The molecule has 1 saturated heterocycles. The first kappa shape index (κ1) is 24.8. The lowest BCUT2D eigenvalue weighted by Crippen LogP contribution is -2.37. The molecule has 0 bridgehead atoms. The number of anilines is 1. The van der Waals surface area contributed by atoms with Crippen molar-refractivity contribution in [1.82, 2.24) is 19.9 Å². The number of hydrogen-bond donors (Lipinski definition) is 0. The standard InChI is InChI=1S/C17H22N4O.C6H7N.CHF3/c1-11-12(2)19-17-14(18-11)10-15(21-6-8-22-9-7-21)20-16(17)13-4-3-5-13;1-6-4-2-3-5-7-6;2-1(3)4/h10,13H,3-9H2,1-2H3;2-5H,1H3;1H. The van der Waals surface area contributed by atoms with Crippen molar-refractivity contribution in [3.8, 4) is 0 Å². The van der Waals surface area contributed by atoms with Crippen molar-refractivity contribution in [1.29, 1.82) is 0 Å². The van der Waals surface area contributed by atoms with Crippen LogP contribution in [0.15, 0.2) is 30.5 Å². The Morgan fingerprint density at radius 1 is 0.970 bits per heavy atom. The molecule has 0 amide bonds. The number of ether oxygens (including phenoxy) is 1. The van der Waals surface area contributed by atoms with Gasteiger partial charge in [0.05, 0.1) is 35.8 Å². The van der Waals surface area contributed by atoms with Crippen molar-refractivity contribution in [3.63, 3.8) is 0 Å². The van der Waals surface area contributed by atoms with Crippen LogP contribution in [-0.4, -0.2) is 52.9 Å². The molecule has 3 aromatic heterocycles. The summed E-state index contributed by atoms with van der Waals surface area (Å²) in [5.41, 5.74) is 6.23. The maximum Gasteiger partial charge on any atom is 0.379 e. The van der Waals surface area contributed by atoms with Crippen LogP contribution in [0.5, 0.6) is 0 Å².